The van der Waals surface area contributed by atoms with Crippen LogP contribution in [0.4, 0.5) is 0 Å². The quantitative estimate of drug-likeness (QED) is 0.671. The van der Waals surface area contributed by atoms with E-state index in [4.69, 9.17) is 5.73 Å². The first-order valence-corrected chi connectivity index (χ1v) is 11.3. The molecule has 3 N–H and O–H groups in total. The number of amides is 2. The Morgan fingerprint density at radius 1 is 1.07 bits per heavy atom. The summed E-state index contributed by atoms with van der Waals surface area (Å²) in [5, 5.41) is 2.62. The first kappa shape index (κ1) is 21.9. The van der Waals surface area contributed by atoms with Crippen molar-refractivity contribution in [1.82, 2.24) is 14.5 Å². The number of rotatable bonds is 7. The summed E-state index contributed by atoms with van der Waals surface area (Å²) >= 11 is 0. The van der Waals surface area contributed by atoms with Crippen LogP contribution in [0.25, 0.3) is 0 Å². The second-order valence-electron chi connectivity index (χ2n) is 7.17. The Hall–Kier alpha value is -2.75. The van der Waals surface area contributed by atoms with Crippen molar-refractivity contribution in [3.63, 3.8) is 0 Å². The van der Waals surface area contributed by atoms with Gasteiger partial charge < -0.3 is 16.0 Å². The third kappa shape index (κ3) is 4.86. The van der Waals surface area contributed by atoms with Crippen molar-refractivity contribution >= 4 is 21.8 Å². The smallest absolute Gasteiger partial charge is 0.259 e. The number of nitrogens with two attached hydrogens (primary N) is 1. The fraction of sp³-hybridized carbons (Fsp3) is 0.333. The number of benzene rings is 2. The van der Waals surface area contributed by atoms with E-state index in [1.807, 2.05) is 6.92 Å². The Balaban J connectivity index is 1.90. The van der Waals surface area contributed by atoms with Crippen LogP contribution in [0.2, 0.25) is 0 Å². The largest absolute Gasteiger partial charge is 0.352 e. The first-order chi connectivity index (χ1) is 14.3. The molecule has 1 unspecified atom stereocenters. The molecule has 1 heterocycles. The molecule has 9 heteroatoms. The molecule has 0 bridgehead atoms. The Kier molecular flexibility index (Phi) is 6.86. The highest BCUT2D eigenvalue weighted by atomic mass is 32.2. The van der Waals surface area contributed by atoms with Crippen LogP contribution < -0.4 is 11.1 Å². The van der Waals surface area contributed by atoms with E-state index < -0.39 is 22.1 Å². The maximum atomic E-state index is 13.1. The molecule has 0 saturated carbocycles. The zero-order valence-electron chi connectivity index (χ0n) is 16.8. The first-order valence-electron chi connectivity index (χ1n) is 9.72. The highest BCUT2D eigenvalue weighted by Crippen LogP contribution is 2.24. The van der Waals surface area contributed by atoms with Crippen molar-refractivity contribution < 1.29 is 18.0 Å². The Labute approximate surface area is 176 Å². The van der Waals surface area contributed by atoms with Gasteiger partial charge in [-0.2, -0.15) is 4.31 Å². The molecule has 1 aliphatic rings. The van der Waals surface area contributed by atoms with Crippen LogP contribution in [0.15, 0.2) is 54.6 Å². The molecule has 2 aromatic rings. The number of hydrogen-bond donors (Lipinski definition) is 2. The number of hydrogen-bond acceptors (Lipinski definition) is 5. The third-order valence-corrected chi connectivity index (χ3v) is 6.71. The predicted octanol–water partition coefficient (Wildman–Crippen LogP) is 0.684. The van der Waals surface area contributed by atoms with Crippen molar-refractivity contribution in [3.05, 3.63) is 71.3 Å². The standard InChI is InChI=1S/C21H26N4O4S/c1-16-7-9-18(10-8-16)21(27)24-13-14-25(20(24)19(26)23-12-11-22)30(28,29)15-17-5-3-2-4-6-17/h2-10,20H,11-15,22H2,1H3,(H,23,26). The van der Waals surface area contributed by atoms with Gasteiger partial charge in [0.2, 0.25) is 10.0 Å². The van der Waals surface area contributed by atoms with E-state index in [1.165, 1.54) is 4.90 Å². The molecule has 0 spiro atoms. The van der Waals surface area contributed by atoms with Gasteiger partial charge in [0.05, 0.1) is 5.75 Å². The lowest BCUT2D eigenvalue weighted by atomic mass is 10.1. The molecule has 1 atom stereocenters. The zero-order valence-corrected chi connectivity index (χ0v) is 17.6. The molecule has 0 radical (unpaired) electrons. The molecular formula is C21H26N4O4S. The molecule has 0 aromatic heterocycles. The van der Waals surface area contributed by atoms with Crippen LogP contribution in [0.5, 0.6) is 0 Å². The minimum absolute atomic E-state index is 0.0491. The lowest BCUT2D eigenvalue weighted by Gasteiger charge is -2.28. The maximum absolute atomic E-state index is 13.1. The summed E-state index contributed by atoms with van der Waals surface area (Å²) < 4.78 is 27.4. The predicted molar refractivity (Wildman–Crippen MR) is 114 cm³/mol. The highest BCUT2D eigenvalue weighted by Gasteiger charge is 2.45. The Bertz CT molecular complexity index is 993. The summed E-state index contributed by atoms with van der Waals surface area (Å²) in [4.78, 5) is 27.2. The van der Waals surface area contributed by atoms with Gasteiger partial charge in [-0.3, -0.25) is 9.59 Å². The van der Waals surface area contributed by atoms with Gasteiger partial charge in [0.15, 0.2) is 6.17 Å². The molecule has 1 fully saturated rings. The summed E-state index contributed by atoms with van der Waals surface area (Å²) in [5.41, 5.74) is 7.48. The van der Waals surface area contributed by atoms with Crippen molar-refractivity contribution in [2.45, 2.75) is 18.8 Å². The van der Waals surface area contributed by atoms with Crippen molar-refractivity contribution in [1.29, 1.82) is 0 Å². The minimum Gasteiger partial charge on any atom is -0.352 e. The van der Waals surface area contributed by atoms with Gasteiger partial charge in [0.25, 0.3) is 11.8 Å². The number of sulfonamides is 1. The zero-order chi connectivity index (χ0) is 21.7. The fourth-order valence-corrected chi connectivity index (χ4v) is 5.05. The average Bonchev–Trinajstić information content (AvgIpc) is 3.19. The Morgan fingerprint density at radius 2 is 1.73 bits per heavy atom. The van der Waals surface area contributed by atoms with E-state index in [-0.39, 0.29) is 37.8 Å². The average molecular weight is 431 g/mol. The molecule has 30 heavy (non-hydrogen) atoms. The van der Waals surface area contributed by atoms with Crippen LogP contribution >= 0.6 is 0 Å². The van der Waals surface area contributed by atoms with Crippen molar-refractivity contribution in [2.75, 3.05) is 26.2 Å². The van der Waals surface area contributed by atoms with Crippen molar-refractivity contribution in [3.8, 4) is 0 Å². The number of carbonyl (C=O) groups is 2. The van der Waals surface area contributed by atoms with Crippen molar-refractivity contribution in [2.24, 2.45) is 5.73 Å². The van der Waals surface area contributed by atoms with E-state index in [9.17, 15) is 18.0 Å². The molecule has 160 valence electrons. The summed E-state index contributed by atoms with van der Waals surface area (Å²) in [6.45, 7) is 2.48. The van der Waals surface area contributed by atoms with Gasteiger partial charge in [0, 0.05) is 31.7 Å². The van der Waals surface area contributed by atoms with Crippen LogP contribution in [0.1, 0.15) is 21.5 Å². The topological polar surface area (TPSA) is 113 Å². The van der Waals surface area contributed by atoms with Crippen LogP contribution in [-0.2, 0) is 20.6 Å². The molecule has 1 aliphatic heterocycles. The lowest BCUT2D eigenvalue weighted by molar-refractivity contribution is -0.127. The summed E-state index contributed by atoms with van der Waals surface area (Å²) in [6.07, 6.45) is -1.25. The van der Waals surface area contributed by atoms with Crippen LogP contribution in [0.3, 0.4) is 0 Å². The molecule has 2 aromatic carbocycles. The summed E-state index contributed by atoms with van der Waals surface area (Å²) in [7, 11) is -3.84. The van der Waals surface area contributed by atoms with Crippen LogP contribution in [-0.4, -0.2) is 61.8 Å². The van der Waals surface area contributed by atoms with Gasteiger partial charge >= 0.3 is 0 Å². The van der Waals surface area contributed by atoms with E-state index in [1.54, 1.807) is 54.6 Å². The SMILES string of the molecule is Cc1ccc(C(=O)N2CCN(S(=O)(=O)Cc3ccccc3)C2C(=O)NCCN)cc1. The molecular weight excluding hydrogens is 404 g/mol. The minimum atomic E-state index is -3.84. The number of nitrogens with zero attached hydrogens (tertiary/aromatic N) is 2. The van der Waals surface area contributed by atoms with E-state index in [0.29, 0.717) is 11.1 Å². The summed E-state index contributed by atoms with van der Waals surface area (Å²) in [5.74, 6) is -1.20. The maximum Gasteiger partial charge on any atom is 0.259 e. The second-order valence-corrected chi connectivity index (χ2v) is 9.09. The normalized spacial score (nSPS) is 17.1. The number of nitrogens with one attached hydrogen (secondary N) is 1. The van der Waals surface area contributed by atoms with E-state index in [0.717, 1.165) is 9.87 Å². The molecule has 2 amide bonds. The van der Waals surface area contributed by atoms with E-state index in [2.05, 4.69) is 5.32 Å². The Morgan fingerprint density at radius 3 is 2.37 bits per heavy atom. The number of carbonyl (C=O) groups excluding carboxylic acids is 2. The number of aryl methyl sites for hydroxylation is 1. The van der Waals surface area contributed by atoms with Gasteiger partial charge in [-0.25, -0.2) is 8.42 Å². The molecule has 3 rings (SSSR count). The van der Waals surface area contributed by atoms with Crippen LogP contribution in [0, 0.1) is 6.92 Å². The third-order valence-electron chi connectivity index (χ3n) is 4.92. The molecule has 1 saturated heterocycles. The molecule has 0 aliphatic carbocycles. The fourth-order valence-electron chi connectivity index (χ4n) is 3.40. The monoisotopic (exact) mass is 430 g/mol. The summed E-state index contributed by atoms with van der Waals surface area (Å²) in [6, 6.07) is 15.7. The van der Waals surface area contributed by atoms with Gasteiger partial charge in [-0.05, 0) is 24.6 Å². The molecule has 8 nitrogen and oxygen atoms in total. The van der Waals surface area contributed by atoms with E-state index >= 15 is 0 Å². The van der Waals surface area contributed by atoms with Gasteiger partial charge in [0.1, 0.15) is 0 Å². The highest BCUT2D eigenvalue weighted by molar-refractivity contribution is 7.88. The van der Waals surface area contributed by atoms with Gasteiger partial charge in [-0.1, -0.05) is 48.0 Å². The van der Waals surface area contributed by atoms with Gasteiger partial charge in [-0.15, -0.1) is 0 Å². The second kappa shape index (κ2) is 9.38. The lowest BCUT2D eigenvalue weighted by Crippen LogP contribution is -2.54.